The van der Waals surface area contributed by atoms with Crippen molar-refractivity contribution in [1.29, 1.82) is 0 Å². The fourth-order valence-electron chi connectivity index (χ4n) is 1.76. The van der Waals surface area contributed by atoms with Crippen molar-refractivity contribution in [2.75, 3.05) is 12.3 Å². The lowest BCUT2D eigenvalue weighted by Crippen LogP contribution is -2.12. The molecule has 0 heterocycles. The number of carboxylic acids is 1. The Bertz CT molecular complexity index is 683. The van der Waals surface area contributed by atoms with Crippen LogP contribution in [0.4, 0.5) is 5.69 Å². The molecule has 2 aromatic carbocycles. The molecule has 0 saturated carbocycles. The number of halogens is 1. The SMILES string of the molecule is Nc1c(OCC(=O)O)cccc1C(=O)c1ccc(Br)cc1. The minimum absolute atomic E-state index is 0.131. The summed E-state index contributed by atoms with van der Waals surface area (Å²) >= 11 is 3.30. The highest BCUT2D eigenvalue weighted by molar-refractivity contribution is 9.10. The first kappa shape index (κ1) is 15.1. The minimum Gasteiger partial charge on any atom is -0.480 e. The van der Waals surface area contributed by atoms with Gasteiger partial charge >= 0.3 is 5.97 Å². The van der Waals surface area contributed by atoms with Gasteiger partial charge in [-0.25, -0.2) is 4.79 Å². The van der Waals surface area contributed by atoms with Gasteiger partial charge in [0, 0.05) is 15.6 Å². The van der Waals surface area contributed by atoms with Crippen molar-refractivity contribution in [2.24, 2.45) is 0 Å². The molecule has 0 radical (unpaired) electrons. The van der Waals surface area contributed by atoms with E-state index >= 15 is 0 Å². The van der Waals surface area contributed by atoms with Crippen LogP contribution in [-0.2, 0) is 4.79 Å². The van der Waals surface area contributed by atoms with Crippen molar-refractivity contribution in [1.82, 2.24) is 0 Å². The lowest BCUT2D eigenvalue weighted by molar-refractivity contribution is -0.139. The summed E-state index contributed by atoms with van der Waals surface area (Å²) in [6.45, 7) is -0.514. The number of rotatable bonds is 5. The molecule has 0 bridgehead atoms. The average Bonchev–Trinajstić information content (AvgIpc) is 2.46. The molecule has 3 N–H and O–H groups in total. The third kappa shape index (κ3) is 3.61. The minimum atomic E-state index is -1.11. The van der Waals surface area contributed by atoms with Crippen LogP contribution in [-0.4, -0.2) is 23.5 Å². The molecule has 2 rings (SSSR count). The van der Waals surface area contributed by atoms with Gasteiger partial charge in [0.1, 0.15) is 5.75 Å². The monoisotopic (exact) mass is 349 g/mol. The Morgan fingerprint density at radius 2 is 1.81 bits per heavy atom. The number of ether oxygens (including phenoxy) is 1. The molecule has 5 nitrogen and oxygen atoms in total. The maximum absolute atomic E-state index is 12.4. The van der Waals surface area contributed by atoms with Crippen molar-refractivity contribution in [3.05, 3.63) is 58.1 Å². The number of hydrogen-bond acceptors (Lipinski definition) is 4. The van der Waals surface area contributed by atoms with Crippen molar-refractivity contribution < 1.29 is 19.4 Å². The summed E-state index contributed by atoms with van der Waals surface area (Å²) in [6.07, 6.45) is 0. The maximum atomic E-state index is 12.4. The second-order valence-electron chi connectivity index (χ2n) is 4.24. The van der Waals surface area contributed by atoms with Gasteiger partial charge in [0.25, 0.3) is 0 Å². The van der Waals surface area contributed by atoms with Crippen LogP contribution < -0.4 is 10.5 Å². The van der Waals surface area contributed by atoms with Gasteiger partial charge < -0.3 is 15.6 Å². The molecule has 0 atom stereocenters. The zero-order valence-corrected chi connectivity index (χ0v) is 12.5. The summed E-state index contributed by atoms with van der Waals surface area (Å²) in [5.74, 6) is -1.18. The average molecular weight is 350 g/mol. The normalized spacial score (nSPS) is 10.1. The number of carbonyl (C=O) groups is 2. The number of carbonyl (C=O) groups excluding carboxylic acids is 1. The third-order valence-corrected chi connectivity index (χ3v) is 3.30. The molecule has 6 heteroatoms. The number of benzene rings is 2. The van der Waals surface area contributed by atoms with Crippen LogP contribution in [0.5, 0.6) is 5.75 Å². The van der Waals surface area contributed by atoms with E-state index in [1.165, 1.54) is 6.07 Å². The van der Waals surface area contributed by atoms with Crippen LogP contribution in [0.25, 0.3) is 0 Å². The van der Waals surface area contributed by atoms with Gasteiger partial charge in [-0.3, -0.25) is 4.79 Å². The number of aliphatic carboxylic acids is 1. The Morgan fingerprint density at radius 3 is 2.43 bits per heavy atom. The van der Waals surface area contributed by atoms with Gasteiger partial charge in [-0.05, 0) is 36.4 Å². The van der Waals surface area contributed by atoms with E-state index in [2.05, 4.69) is 15.9 Å². The van der Waals surface area contributed by atoms with Gasteiger partial charge in [-0.2, -0.15) is 0 Å². The van der Waals surface area contributed by atoms with Crippen molar-refractivity contribution in [3.8, 4) is 5.75 Å². The van der Waals surface area contributed by atoms with Crippen LogP contribution >= 0.6 is 15.9 Å². The molecule has 108 valence electrons. The highest BCUT2D eigenvalue weighted by Gasteiger charge is 2.15. The molecule has 0 saturated heterocycles. The van der Waals surface area contributed by atoms with E-state index in [-0.39, 0.29) is 22.8 Å². The topological polar surface area (TPSA) is 89.6 Å². The predicted octanol–water partition coefficient (Wildman–Crippen LogP) is 2.73. The first-order valence-electron chi connectivity index (χ1n) is 6.02. The largest absolute Gasteiger partial charge is 0.480 e. The number of ketones is 1. The molecular weight excluding hydrogens is 338 g/mol. The van der Waals surface area contributed by atoms with Gasteiger partial charge in [0.2, 0.25) is 0 Å². The maximum Gasteiger partial charge on any atom is 0.341 e. The summed E-state index contributed by atoms with van der Waals surface area (Å²) in [4.78, 5) is 22.9. The second-order valence-corrected chi connectivity index (χ2v) is 5.15. The Labute approximate surface area is 129 Å². The summed E-state index contributed by atoms with van der Waals surface area (Å²) in [7, 11) is 0. The van der Waals surface area contributed by atoms with Gasteiger partial charge in [0.05, 0.1) is 5.69 Å². The van der Waals surface area contributed by atoms with Crippen molar-refractivity contribution in [3.63, 3.8) is 0 Å². The number of nitrogens with two attached hydrogens (primary N) is 1. The number of nitrogen functional groups attached to an aromatic ring is 1. The Morgan fingerprint density at radius 1 is 1.14 bits per heavy atom. The predicted molar refractivity (Wildman–Crippen MR) is 81.6 cm³/mol. The number of para-hydroxylation sites is 1. The number of anilines is 1. The molecule has 0 spiro atoms. The summed E-state index contributed by atoms with van der Waals surface area (Å²) in [5, 5.41) is 8.61. The summed E-state index contributed by atoms with van der Waals surface area (Å²) < 4.78 is 5.93. The zero-order valence-electron chi connectivity index (χ0n) is 10.9. The van der Waals surface area contributed by atoms with Crippen molar-refractivity contribution in [2.45, 2.75) is 0 Å². The first-order valence-corrected chi connectivity index (χ1v) is 6.81. The van der Waals surface area contributed by atoms with Crippen LogP contribution in [0.15, 0.2) is 46.9 Å². The van der Waals surface area contributed by atoms with Crippen LogP contribution in [0.3, 0.4) is 0 Å². The molecule has 0 fully saturated rings. The van der Waals surface area contributed by atoms with E-state index in [1.807, 2.05) is 0 Å². The van der Waals surface area contributed by atoms with E-state index in [4.69, 9.17) is 15.6 Å². The Kier molecular flexibility index (Phi) is 4.59. The molecule has 0 aliphatic rings. The standard InChI is InChI=1S/C15H12BrNO4/c16-10-6-4-9(5-7-10)15(20)11-2-1-3-12(14(11)17)21-8-13(18)19/h1-7H,8,17H2,(H,18,19). The first-order chi connectivity index (χ1) is 9.99. The molecule has 0 aromatic heterocycles. The summed E-state index contributed by atoms with van der Waals surface area (Å²) in [5.41, 5.74) is 6.79. The molecule has 0 aliphatic carbocycles. The van der Waals surface area contributed by atoms with E-state index in [9.17, 15) is 9.59 Å². The van der Waals surface area contributed by atoms with E-state index in [1.54, 1.807) is 36.4 Å². The quantitative estimate of drug-likeness (QED) is 0.639. The lowest BCUT2D eigenvalue weighted by atomic mass is 10.0. The van der Waals surface area contributed by atoms with E-state index in [0.717, 1.165) is 4.47 Å². The molecule has 0 unspecified atom stereocenters. The fourth-order valence-corrected chi connectivity index (χ4v) is 2.03. The van der Waals surface area contributed by atoms with Gasteiger partial charge in [0.15, 0.2) is 12.4 Å². The van der Waals surface area contributed by atoms with Gasteiger partial charge in [-0.1, -0.05) is 22.0 Å². The molecule has 0 amide bonds. The highest BCUT2D eigenvalue weighted by atomic mass is 79.9. The van der Waals surface area contributed by atoms with Crippen LogP contribution in [0.1, 0.15) is 15.9 Å². The zero-order chi connectivity index (χ0) is 15.4. The Hall–Kier alpha value is -2.34. The smallest absolute Gasteiger partial charge is 0.341 e. The molecule has 21 heavy (non-hydrogen) atoms. The second kappa shape index (κ2) is 6.41. The summed E-state index contributed by atoms with van der Waals surface area (Å²) in [6, 6.07) is 11.6. The van der Waals surface area contributed by atoms with Crippen molar-refractivity contribution >= 4 is 33.4 Å². The van der Waals surface area contributed by atoms with Crippen LogP contribution in [0.2, 0.25) is 0 Å². The third-order valence-electron chi connectivity index (χ3n) is 2.77. The fraction of sp³-hybridized carbons (Fsp3) is 0.0667. The molecule has 2 aromatic rings. The lowest BCUT2D eigenvalue weighted by Gasteiger charge is -2.10. The number of hydrogen-bond donors (Lipinski definition) is 2. The molecule has 0 aliphatic heterocycles. The van der Waals surface area contributed by atoms with Gasteiger partial charge in [-0.15, -0.1) is 0 Å². The van der Waals surface area contributed by atoms with E-state index < -0.39 is 12.6 Å². The van der Waals surface area contributed by atoms with Crippen LogP contribution in [0, 0.1) is 0 Å². The Balaban J connectivity index is 2.31. The number of carboxylic acid groups (broad SMARTS) is 1. The van der Waals surface area contributed by atoms with E-state index in [0.29, 0.717) is 5.56 Å². The molecular formula is C15H12BrNO4. The highest BCUT2D eigenvalue weighted by Crippen LogP contribution is 2.27.